The van der Waals surface area contributed by atoms with Crippen LogP contribution in [0.3, 0.4) is 0 Å². The van der Waals surface area contributed by atoms with Gasteiger partial charge in [-0.15, -0.1) is 0 Å². The largest absolute Gasteiger partial charge is 0.329 e. The minimum atomic E-state index is -0.705. The Morgan fingerprint density at radius 2 is 1.91 bits per heavy atom. The molecule has 4 amide bonds. The van der Waals surface area contributed by atoms with E-state index in [1.807, 2.05) is 19.1 Å². The quantitative estimate of drug-likeness (QED) is 0.242. The molecule has 1 fully saturated rings. The van der Waals surface area contributed by atoms with Crippen molar-refractivity contribution in [2.24, 2.45) is 0 Å². The van der Waals surface area contributed by atoms with Crippen molar-refractivity contribution in [1.29, 1.82) is 0 Å². The normalized spacial score (nSPS) is 14.4. The number of amides is 4. The molecule has 1 aliphatic heterocycles. The van der Waals surface area contributed by atoms with Gasteiger partial charge in [0.1, 0.15) is 12.2 Å². The van der Waals surface area contributed by atoms with Crippen molar-refractivity contribution in [2.45, 2.75) is 13.3 Å². The predicted molar refractivity (Wildman–Crippen MR) is 125 cm³/mol. The standard InChI is InChI=1S/C24H21N5O5/c1-2-16-7-3-4-11-20(16)25-22(30)15-28-23(31)21(26-24(28)32)14-18-10-6-12-27(18)17-8-5-9-19(13-17)29(33)34/h3-14H,2,15H2,1H3,(H,25,30)(H,26,32)/b21-14+. The third-order valence-corrected chi connectivity index (χ3v) is 5.33. The number of rotatable bonds is 7. The molecule has 10 nitrogen and oxygen atoms in total. The monoisotopic (exact) mass is 459 g/mol. The highest BCUT2D eigenvalue weighted by atomic mass is 16.6. The van der Waals surface area contributed by atoms with Crippen LogP contribution in [0.5, 0.6) is 0 Å². The number of hydrogen-bond donors (Lipinski definition) is 2. The van der Waals surface area contributed by atoms with Gasteiger partial charge < -0.3 is 15.2 Å². The van der Waals surface area contributed by atoms with Gasteiger partial charge in [0.2, 0.25) is 5.91 Å². The third-order valence-electron chi connectivity index (χ3n) is 5.33. The first-order valence-corrected chi connectivity index (χ1v) is 10.5. The second kappa shape index (κ2) is 9.41. The van der Waals surface area contributed by atoms with Crippen molar-refractivity contribution < 1.29 is 19.3 Å². The lowest BCUT2D eigenvalue weighted by Crippen LogP contribution is -2.38. The Balaban J connectivity index is 1.52. The summed E-state index contributed by atoms with van der Waals surface area (Å²) in [6, 6.07) is 16.0. The topological polar surface area (TPSA) is 127 Å². The Morgan fingerprint density at radius 3 is 2.68 bits per heavy atom. The number of aromatic nitrogens is 1. The molecule has 10 heteroatoms. The summed E-state index contributed by atoms with van der Waals surface area (Å²) < 4.78 is 1.65. The molecule has 0 atom stereocenters. The second-order valence-electron chi connectivity index (χ2n) is 7.52. The second-order valence-corrected chi connectivity index (χ2v) is 7.52. The predicted octanol–water partition coefficient (Wildman–Crippen LogP) is 3.48. The van der Waals surface area contributed by atoms with Gasteiger partial charge in [0.25, 0.3) is 11.6 Å². The maximum atomic E-state index is 12.8. The van der Waals surface area contributed by atoms with E-state index in [2.05, 4.69) is 10.6 Å². The smallest absolute Gasteiger partial charge is 0.324 e. The van der Waals surface area contributed by atoms with Crippen LogP contribution >= 0.6 is 0 Å². The van der Waals surface area contributed by atoms with Gasteiger partial charge in [-0.1, -0.05) is 31.2 Å². The van der Waals surface area contributed by atoms with E-state index >= 15 is 0 Å². The molecule has 2 aromatic carbocycles. The highest BCUT2D eigenvalue weighted by Crippen LogP contribution is 2.22. The number of carbonyl (C=O) groups excluding carboxylic acids is 3. The SMILES string of the molecule is CCc1ccccc1NC(=O)CN1C(=O)N/C(=C/c2cccn2-c2cccc([N+](=O)[O-])c2)C1=O. The molecule has 4 rings (SSSR count). The van der Waals surface area contributed by atoms with Crippen molar-refractivity contribution in [2.75, 3.05) is 11.9 Å². The number of imide groups is 1. The molecule has 0 aliphatic carbocycles. The van der Waals surface area contributed by atoms with E-state index in [1.54, 1.807) is 47.2 Å². The van der Waals surface area contributed by atoms with Gasteiger partial charge in [0, 0.05) is 29.7 Å². The number of para-hydroxylation sites is 1. The van der Waals surface area contributed by atoms with Gasteiger partial charge in [-0.3, -0.25) is 19.7 Å². The zero-order valence-electron chi connectivity index (χ0n) is 18.2. The number of aryl methyl sites for hydroxylation is 1. The zero-order valence-corrected chi connectivity index (χ0v) is 18.2. The highest BCUT2D eigenvalue weighted by Gasteiger charge is 2.35. The Bertz CT molecular complexity index is 1330. The molecule has 2 N–H and O–H groups in total. The van der Waals surface area contributed by atoms with Gasteiger partial charge >= 0.3 is 6.03 Å². The minimum Gasteiger partial charge on any atom is -0.324 e. The van der Waals surface area contributed by atoms with E-state index in [0.717, 1.165) is 16.9 Å². The number of nitrogens with zero attached hydrogens (tertiary/aromatic N) is 3. The lowest BCUT2D eigenvalue weighted by atomic mass is 10.1. The van der Waals surface area contributed by atoms with Crippen LogP contribution < -0.4 is 10.6 Å². The lowest BCUT2D eigenvalue weighted by Gasteiger charge is -2.13. The molecule has 0 radical (unpaired) electrons. The van der Waals surface area contributed by atoms with Crippen LogP contribution in [0.15, 0.2) is 72.6 Å². The summed E-state index contributed by atoms with van der Waals surface area (Å²) in [7, 11) is 0. The number of non-ortho nitro benzene ring substituents is 1. The Kier molecular flexibility index (Phi) is 6.22. The Hall–Kier alpha value is -4.73. The van der Waals surface area contributed by atoms with Crippen molar-refractivity contribution in [1.82, 2.24) is 14.8 Å². The number of nitro benzene ring substituents is 1. The number of nitrogens with one attached hydrogen (secondary N) is 2. The number of hydrogen-bond acceptors (Lipinski definition) is 5. The van der Waals surface area contributed by atoms with E-state index in [4.69, 9.17) is 0 Å². The van der Waals surface area contributed by atoms with E-state index in [-0.39, 0.29) is 11.4 Å². The fourth-order valence-electron chi connectivity index (χ4n) is 3.65. The van der Waals surface area contributed by atoms with Gasteiger partial charge in [0.15, 0.2) is 0 Å². The van der Waals surface area contributed by atoms with Crippen molar-refractivity contribution in [3.63, 3.8) is 0 Å². The van der Waals surface area contributed by atoms with Gasteiger partial charge in [0.05, 0.1) is 10.6 Å². The molecule has 172 valence electrons. The third kappa shape index (κ3) is 4.56. The van der Waals surface area contributed by atoms with Crippen LogP contribution in [0, 0.1) is 10.1 Å². The van der Waals surface area contributed by atoms with Crippen LogP contribution in [0.1, 0.15) is 18.2 Å². The van der Waals surface area contributed by atoms with Crippen LogP contribution in [0.25, 0.3) is 11.8 Å². The van der Waals surface area contributed by atoms with Crippen molar-refractivity contribution >= 4 is 35.3 Å². The molecular weight excluding hydrogens is 438 g/mol. The fourth-order valence-corrected chi connectivity index (χ4v) is 3.65. The first-order chi connectivity index (χ1) is 16.4. The molecule has 0 bridgehead atoms. The molecule has 0 unspecified atom stereocenters. The van der Waals surface area contributed by atoms with E-state index in [1.165, 1.54) is 18.2 Å². The van der Waals surface area contributed by atoms with E-state index < -0.39 is 29.3 Å². The minimum absolute atomic E-state index is 0.00265. The molecule has 1 aliphatic rings. The Labute approximate surface area is 194 Å². The molecule has 1 saturated heterocycles. The first-order valence-electron chi connectivity index (χ1n) is 10.5. The van der Waals surface area contributed by atoms with Crippen LogP contribution in [0.2, 0.25) is 0 Å². The molecule has 34 heavy (non-hydrogen) atoms. The summed E-state index contributed by atoms with van der Waals surface area (Å²) in [5.74, 6) is -1.14. The summed E-state index contributed by atoms with van der Waals surface area (Å²) in [5, 5.41) is 16.3. The first kappa shape index (κ1) is 22.5. The molecule has 2 heterocycles. The highest BCUT2D eigenvalue weighted by molar-refractivity contribution is 6.15. The molecular formula is C24H21N5O5. The number of nitro groups is 1. The van der Waals surface area contributed by atoms with E-state index in [9.17, 15) is 24.5 Å². The van der Waals surface area contributed by atoms with Crippen LogP contribution in [-0.4, -0.2) is 38.8 Å². The van der Waals surface area contributed by atoms with Gasteiger partial charge in [-0.2, -0.15) is 0 Å². The van der Waals surface area contributed by atoms with Gasteiger partial charge in [-0.25, -0.2) is 9.69 Å². The van der Waals surface area contributed by atoms with E-state index in [0.29, 0.717) is 17.1 Å². The van der Waals surface area contributed by atoms with Crippen molar-refractivity contribution in [3.8, 4) is 5.69 Å². The number of benzene rings is 2. The summed E-state index contributed by atoms with van der Waals surface area (Å²) in [6.45, 7) is 1.52. The molecule has 1 aromatic heterocycles. The average Bonchev–Trinajstić information content (AvgIpc) is 3.39. The summed E-state index contributed by atoms with van der Waals surface area (Å²) >= 11 is 0. The maximum Gasteiger partial charge on any atom is 0.329 e. The Morgan fingerprint density at radius 1 is 1.12 bits per heavy atom. The summed E-state index contributed by atoms with van der Waals surface area (Å²) in [6.07, 6.45) is 3.86. The lowest BCUT2D eigenvalue weighted by molar-refractivity contribution is -0.384. The number of anilines is 1. The number of carbonyl (C=O) groups is 3. The number of urea groups is 1. The average molecular weight is 459 g/mol. The van der Waals surface area contributed by atoms with Crippen LogP contribution in [0.4, 0.5) is 16.2 Å². The molecule has 3 aromatic rings. The van der Waals surface area contributed by atoms with Crippen LogP contribution in [-0.2, 0) is 16.0 Å². The summed E-state index contributed by atoms with van der Waals surface area (Å²) in [5.41, 5.74) is 2.54. The summed E-state index contributed by atoms with van der Waals surface area (Å²) in [4.78, 5) is 49.2. The van der Waals surface area contributed by atoms with Crippen molar-refractivity contribution in [3.05, 3.63) is 93.9 Å². The van der Waals surface area contributed by atoms with Gasteiger partial charge in [-0.05, 0) is 42.3 Å². The molecule has 0 spiro atoms. The zero-order chi connectivity index (χ0) is 24.2. The fraction of sp³-hybridized carbons (Fsp3) is 0.125. The molecule has 0 saturated carbocycles. The maximum absolute atomic E-state index is 12.8.